The lowest BCUT2D eigenvalue weighted by Gasteiger charge is -2.44. The summed E-state index contributed by atoms with van der Waals surface area (Å²) in [5.74, 6) is 0. The van der Waals surface area contributed by atoms with Crippen molar-refractivity contribution in [3.8, 4) is 0 Å². The van der Waals surface area contributed by atoms with Gasteiger partial charge in [-0.25, -0.2) is 4.79 Å². The summed E-state index contributed by atoms with van der Waals surface area (Å²) in [5, 5.41) is 3.48. The largest absolute Gasteiger partial charge is 0.445 e. The van der Waals surface area contributed by atoms with E-state index in [-0.39, 0.29) is 18.5 Å². The molecule has 0 bridgehead atoms. The van der Waals surface area contributed by atoms with Crippen LogP contribution >= 0.6 is 12.4 Å². The van der Waals surface area contributed by atoms with Crippen LogP contribution in [0.2, 0.25) is 0 Å². The Morgan fingerprint density at radius 2 is 2.11 bits per heavy atom. The number of likely N-dealkylation sites (tertiary alicyclic amines) is 1. The van der Waals surface area contributed by atoms with Crippen molar-refractivity contribution < 1.29 is 9.53 Å². The van der Waals surface area contributed by atoms with Gasteiger partial charge in [0, 0.05) is 19.6 Å². The highest BCUT2D eigenvalue weighted by Gasteiger charge is 2.36. The Balaban J connectivity index is 0.00000162. The van der Waals surface area contributed by atoms with Gasteiger partial charge in [-0.15, -0.1) is 12.4 Å². The second-order valence-electron chi connectivity index (χ2n) is 5.13. The zero-order chi connectivity index (χ0) is 12.1. The topological polar surface area (TPSA) is 41.6 Å². The van der Waals surface area contributed by atoms with Crippen molar-refractivity contribution >= 4 is 18.5 Å². The molecule has 18 heavy (non-hydrogen) atoms. The molecule has 2 aliphatic rings. The summed E-state index contributed by atoms with van der Waals surface area (Å²) >= 11 is 0. The number of carbonyl (C=O) groups excluding carboxylic acids is 1. The van der Waals surface area contributed by atoms with E-state index >= 15 is 0 Å². The van der Waals surface area contributed by atoms with Crippen LogP contribution in [0.1, 0.15) is 25.7 Å². The standard InChI is InChI=1S/C13H22N2O2.ClH/c1-2-10-17-12(16)15-8-5-13(6-9-15)4-3-7-14-11-13;/h2,14H,1,3-11H2;1H. The maximum atomic E-state index is 11.7. The molecule has 0 saturated carbocycles. The molecule has 2 heterocycles. The second kappa shape index (κ2) is 7.00. The number of nitrogens with zero attached hydrogens (tertiary/aromatic N) is 1. The third kappa shape index (κ3) is 3.62. The number of carbonyl (C=O) groups is 1. The van der Waals surface area contributed by atoms with Crippen molar-refractivity contribution in [3.63, 3.8) is 0 Å². The number of hydrogen-bond donors (Lipinski definition) is 1. The fourth-order valence-corrected chi connectivity index (χ4v) is 2.84. The van der Waals surface area contributed by atoms with Crippen molar-refractivity contribution in [2.24, 2.45) is 5.41 Å². The van der Waals surface area contributed by atoms with Crippen LogP contribution in [0.25, 0.3) is 0 Å². The molecule has 1 spiro atoms. The smallest absolute Gasteiger partial charge is 0.410 e. The van der Waals surface area contributed by atoms with Gasteiger partial charge in [0.1, 0.15) is 6.61 Å². The van der Waals surface area contributed by atoms with Gasteiger partial charge in [-0.2, -0.15) is 0 Å². The first-order chi connectivity index (χ1) is 8.26. The Morgan fingerprint density at radius 1 is 1.39 bits per heavy atom. The van der Waals surface area contributed by atoms with Crippen molar-refractivity contribution in [3.05, 3.63) is 12.7 Å². The number of nitrogens with one attached hydrogen (secondary N) is 1. The first kappa shape index (κ1) is 15.3. The molecule has 1 N–H and O–H groups in total. The maximum Gasteiger partial charge on any atom is 0.410 e. The van der Waals surface area contributed by atoms with Gasteiger partial charge >= 0.3 is 6.09 Å². The predicted molar refractivity (Wildman–Crippen MR) is 74.1 cm³/mol. The van der Waals surface area contributed by atoms with Crippen LogP contribution in [0.5, 0.6) is 0 Å². The van der Waals surface area contributed by atoms with Crippen molar-refractivity contribution in [2.45, 2.75) is 25.7 Å². The maximum absolute atomic E-state index is 11.7. The highest BCUT2D eigenvalue weighted by molar-refractivity contribution is 5.85. The van der Waals surface area contributed by atoms with E-state index in [1.165, 1.54) is 12.8 Å². The fourth-order valence-electron chi connectivity index (χ4n) is 2.84. The minimum Gasteiger partial charge on any atom is -0.445 e. The molecule has 0 unspecified atom stereocenters. The number of amides is 1. The highest BCUT2D eigenvalue weighted by atomic mass is 35.5. The molecule has 104 valence electrons. The van der Waals surface area contributed by atoms with Crippen LogP contribution in [-0.2, 0) is 4.74 Å². The normalized spacial score (nSPS) is 22.1. The average molecular weight is 275 g/mol. The fraction of sp³-hybridized carbons (Fsp3) is 0.769. The van der Waals surface area contributed by atoms with Gasteiger partial charge in [0.2, 0.25) is 0 Å². The molecule has 0 aliphatic carbocycles. The summed E-state index contributed by atoms with van der Waals surface area (Å²) in [6, 6.07) is 0. The SMILES string of the molecule is C=CCOC(=O)N1CCC2(CCCNC2)CC1.Cl. The molecule has 1 amide bonds. The number of piperidine rings is 2. The van der Waals surface area contributed by atoms with E-state index in [0.717, 1.165) is 39.0 Å². The van der Waals surface area contributed by atoms with Gasteiger partial charge in [-0.1, -0.05) is 12.7 Å². The van der Waals surface area contributed by atoms with Gasteiger partial charge in [-0.3, -0.25) is 0 Å². The number of hydrogen-bond acceptors (Lipinski definition) is 3. The Hall–Kier alpha value is -0.740. The molecular formula is C13H23ClN2O2. The predicted octanol–water partition coefficient (Wildman–Crippen LogP) is 2.20. The third-order valence-electron chi connectivity index (χ3n) is 3.97. The Bertz CT molecular complexity index is 281. The molecule has 0 aromatic rings. The van der Waals surface area contributed by atoms with Crippen LogP contribution in [0.15, 0.2) is 12.7 Å². The number of ether oxygens (including phenoxy) is 1. The van der Waals surface area contributed by atoms with E-state index in [2.05, 4.69) is 11.9 Å². The Kier molecular flexibility index (Phi) is 5.96. The summed E-state index contributed by atoms with van der Waals surface area (Å²) in [6.45, 7) is 7.77. The van der Waals surface area contributed by atoms with Gasteiger partial charge < -0.3 is 15.0 Å². The molecular weight excluding hydrogens is 252 g/mol. The zero-order valence-electron chi connectivity index (χ0n) is 10.8. The van der Waals surface area contributed by atoms with Crippen LogP contribution in [0.3, 0.4) is 0 Å². The quantitative estimate of drug-likeness (QED) is 0.785. The molecule has 0 atom stereocenters. The van der Waals surface area contributed by atoms with Crippen molar-refractivity contribution in [1.82, 2.24) is 10.2 Å². The van der Waals surface area contributed by atoms with E-state index in [0.29, 0.717) is 12.0 Å². The number of rotatable bonds is 2. The molecule has 0 aromatic carbocycles. The van der Waals surface area contributed by atoms with Gasteiger partial charge in [0.05, 0.1) is 0 Å². The van der Waals surface area contributed by atoms with Gasteiger partial charge in [0.15, 0.2) is 0 Å². The summed E-state index contributed by atoms with van der Waals surface area (Å²) in [7, 11) is 0. The van der Waals surface area contributed by atoms with E-state index in [1.807, 2.05) is 4.90 Å². The summed E-state index contributed by atoms with van der Waals surface area (Å²) < 4.78 is 5.06. The average Bonchev–Trinajstić information content (AvgIpc) is 2.38. The molecule has 2 aliphatic heterocycles. The summed E-state index contributed by atoms with van der Waals surface area (Å²) in [4.78, 5) is 13.5. The zero-order valence-corrected chi connectivity index (χ0v) is 11.6. The van der Waals surface area contributed by atoms with E-state index in [9.17, 15) is 4.79 Å². The van der Waals surface area contributed by atoms with Crippen molar-refractivity contribution in [1.29, 1.82) is 0 Å². The Labute approximate surface area is 115 Å². The van der Waals surface area contributed by atoms with Crippen LogP contribution < -0.4 is 5.32 Å². The summed E-state index contributed by atoms with van der Waals surface area (Å²) in [5.41, 5.74) is 0.438. The van der Waals surface area contributed by atoms with Crippen molar-refractivity contribution in [2.75, 3.05) is 32.8 Å². The number of halogens is 1. The molecule has 2 fully saturated rings. The minimum absolute atomic E-state index is 0. The van der Waals surface area contributed by atoms with Gasteiger partial charge in [0.25, 0.3) is 0 Å². The molecule has 0 aromatic heterocycles. The van der Waals surface area contributed by atoms with Crippen LogP contribution in [0, 0.1) is 5.41 Å². The molecule has 4 nitrogen and oxygen atoms in total. The summed E-state index contributed by atoms with van der Waals surface area (Å²) in [6.07, 6.45) is 6.18. The second-order valence-corrected chi connectivity index (χ2v) is 5.13. The monoisotopic (exact) mass is 274 g/mol. The lowest BCUT2D eigenvalue weighted by atomic mass is 9.73. The lowest BCUT2D eigenvalue weighted by Crippen LogP contribution is -2.49. The van der Waals surface area contributed by atoms with Crippen LogP contribution in [-0.4, -0.2) is 43.8 Å². The van der Waals surface area contributed by atoms with E-state index in [4.69, 9.17) is 4.74 Å². The molecule has 0 radical (unpaired) electrons. The lowest BCUT2D eigenvalue weighted by molar-refractivity contribution is 0.0593. The van der Waals surface area contributed by atoms with Gasteiger partial charge in [-0.05, 0) is 37.6 Å². The molecule has 2 rings (SSSR count). The highest BCUT2D eigenvalue weighted by Crippen LogP contribution is 2.37. The molecule has 5 heteroatoms. The first-order valence-electron chi connectivity index (χ1n) is 6.49. The van der Waals surface area contributed by atoms with E-state index in [1.54, 1.807) is 6.08 Å². The molecule has 2 saturated heterocycles. The Morgan fingerprint density at radius 3 is 2.67 bits per heavy atom. The van der Waals surface area contributed by atoms with E-state index < -0.39 is 0 Å². The van der Waals surface area contributed by atoms with Crippen LogP contribution in [0.4, 0.5) is 4.79 Å². The minimum atomic E-state index is -0.191. The first-order valence-corrected chi connectivity index (χ1v) is 6.49. The third-order valence-corrected chi connectivity index (χ3v) is 3.97.